The highest BCUT2D eigenvalue weighted by molar-refractivity contribution is 5.96. The molecule has 1 amide bonds. The van der Waals surface area contributed by atoms with Crippen LogP contribution in [0.3, 0.4) is 0 Å². The van der Waals surface area contributed by atoms with Crippen molar-refractivity contribution in [3.8, 4) is 5.75 Å². The number of anilines is 1. The van der Waals surface area contributed by atoms with Crippen LogP contribution in [0.15, 0.2) is 48.5 Å². The summed E-state index contributed by atoms with van der Waals surface area (Å²) >= 11 is 0. The van der Waals surface area contributed by atoms with Gasteiger partial charge in [0.15, 0.2) is 0 Å². The second-order valence-electron chi connectivity index (χ2n) is 5.29. The lowest BCUT2D eigenvalue weighted by molar-refractivity contribution is 0.0687. The van der Waals surface area contributed by atoms with Crippen LogP contribution in [0.5, 0.6) is 5.75 Å². The molecule has 0 radical (unpaired) electrons. The maximum absolute atomic E-state index is 12.6. The summed E-state index contributed by atoms with van der Waals surface area (Å²) in [4.78, 5) is 14.3. The van der Waals surface area contributed by atoms with E-state index in [1.165, 1.54) is 6.07 Å². The normalized spacial score (nSPS) is 10.6. The van der Waals surface area contributed by atoms with Crippen LogP contribution < -0.4 is 5.73 Å². The predicted octanol–water partition coefficient (Wildman–Crippen LogP) is 3.03. The van der Waals surface area contributed by atoms with E-state index in [9.17, 15) is 9.90 Å². The van der Waals surface area contributed by atoms with Crippen molar-refractivity contribution in [3.63, 3.8) is 0 Å². The SMILES string of the molecule is CC(C)N(Cc1ccc(N)cc1)C(=O)c1ccccc1O. The molecule has 0 saturated carbocycles. The standard InChI is InChI=1S/C17H20N2O2/c1-12(2)19(11-13-7-9-14(18)10-8-13)17(21)15-5-3-4-6-16(15)20/h3-10,12,20H,11,18H2,1-2H3. The summed E-state index contributed by atoms with van der Waals surface area (Å²) in [6.45, 7) is 4.38. The summed E-state index contributed by atoms with van der Waals surface area (Å²) in [6.07, 6.45) is 0. The molecule has 0 fully saturated rings. The summed E-state index contributed by atoms with van der Waals surface area (Å²) in [5.41, 5.74) is 7.69. The van der Waals surface area contributed by atoms with E-state index in [0.717, 1.165) is 5.56 Å². The Morgan fingerprint density at radius 3 is 2.33 bits per heavy atom. The van der Waals surface area contributed by atoms with Crippen LogP contribution in [0.1, 0.15) is 29.8 Å². The molecule has 0 atom stereocenters. The number of nitrogens with zero attached hydrogens (tertiary/aromatic N) is 1. The third kappa shape index (κ3) is 3.54. The highest BCUT2D eigenvalue weighted by atomic mass is 16.3. The van der Waals surface area contributed by atoms with Crippen molar-refractivity contribution in [2.75, 3.05) is 5.73 Å². The number of para-hydroxylation sites is 1. The van der Waals surface area contributed by atoms with Gasteiger partial charge in [0, 0.05) is 18.3 Å². The Morgan fingerprint density at radius 1 is 1.14 bits per heavy atom. The molecule has 0 heterocycles. The van der Waals surface area contributed by atoms with E-state index in [0.29, 0.717) is 17.8 Å². The van der Waals surface area contributed by atoms with Crippen molar-refractivity contribution >= 4 is 11.6 Å². The molecular formula is C17H20N2O2. The molecule has 3 N–H and O–H groups in total. The van der Waals surface area contributed by atoms with Crippen molar-refractivity contribution in [2.45, 2.75) is 26.4 Å². The average molecular weight is 284 g/mol. The van der Waals surface area contributed by atoms with Gasteiger partial charge in [-0.05, 0) is 43.7 Å². The van der Waals surface area contributed by atoms with Gasteiger partial charge in [0.2, 0.25) is 0 Å². The van der Waals surface area contributed by atoms with Crippen LogP contribution in [0, 0.1) is 0 Å². The van der Waals surface area contributed by atoms with Gasteiger partial charge in [-0.1, -0.05) is 24.3 Å². The monoisotopic (exact) mass is 284 g/mol. The van der Waals surface area contributed by atoms with Gasteiger partial charge in [0.05, 0.1) is 5.56 Å². The molecule has 2 aromatic carbocycles. The number of phenols is 1. The van der Waals surface area contributed by atoms with Crippen LogP contribution in [-0.4, -0.2) is 22.0 Å². The molecule has 0 bridgehead atoms. The smallest absolute Gasteiger partial charge is 0.258 e. The lowest BCUT2D eigenvalue weighted by atomic mass is 10.1. The fourth-order valence-corrected chi connectivity index (χ4v) is 2.12. The number of nitrogens with two attached hydrogens (primary N) is 1. The number of aromatic hydroxyl groups is 1. The van der Waals surface area contributed by atoms with Gasteiger partial charge in [0.25, 0.3) is 5.91 Å². The molecular weight excluding hydrogens is 264 g/mol. The third-order valence-corrected chi connectivity index (χ3v) is 3.35. The van der Waals surface area contributed by atoms with E-state index in [1.54, 1.807) is 23.1 Å². The van der Waals surface area contributed by atoms with Gasteiger partial charge < -0.3 is 15.7 Å². The van der Waals surface area contributed by atoms with Crippen molar-refractivity contribution in [1.29, 1.82) is 0 Å². The fourth-order valence-electron chi connectivity index (χ4n) is 2.12. The van der Waals surface area contributed by atoms with Crippen molar-refractivity contribution in [3.05, 3.63) is 59.7 Å². The van der Waals surface area contributed by atoms with Crippen LogP contribution in [0.25, 0.3) is 0 Å². The molecule has 0 aromatic heterocycles. The molecule has 0 aliphatic carbocycles. The number of amides is 1. The molecule has 4 nitrogen and oxygen atoms in total. The third-order valence-electron chi connectivity index (χ3n) is 3.35. The van der Waals surface area contributed by atoms with E-state index in [4.69, 9.17) is 5.73 Å². The Morgan fingerprint density at radius 2 is 1.76 bits per heavy atom. The lowest BCUT2D eigenvalue weighted by Gasteiger charge is -2.27. The predicted molar refractivity (Wildman–Crippen MR) is 84.0 cm³/mol. The number of nitrogen functional groups attached to an aromatic ring is 1. The van der Waals surface area contributed by atoms with E-state index < -0.39 is 0 Å². The lowest BCUT2D eigenvalue weighted by Crippen LogP contribution is -2.36. The van der Waals surface area contributed by atoms with Gasteiger partial charge in [-0.3, -0.25) is 4.79 Å². The van der Waals surface area contributed by atoms with Gasteiger partial charge in [-0.15, -0.1) is 0 Å². The van der Waals surface area contributed by atoms with Crippen molar-refractivity contribution in [1.82, 2.24) is 4.90 Å². The zero-order valence-corrected chi connectivity index (χ0v) is 12.3. The maximum atomic E-state index is 12.6. The van der Waals surface area contributed by atoms with Crippen molar-refractivity contribution in [2.24, 2.45) is 0 Å². The minimum Gasteiger partial charge on any atom is -0.507 e. The van der Waals surface area contributed by atoms with Gasteiger partial charge in [0.1, 0.15) is 5.75 Å². The van der Waals surface area contributed by atoms with Gasteiger partial charge in [-0.2, -0.15) is 0 Å². The molecule has 0 saturated heterocycles. The summed E-state index contributed by atoms with van der Waals surface area (Å²) in [6, 6.07) is 14.1. The average Bonchev–Trinajstić information content (AvgIpc) is 2.46. The summed E-state index contributed by atoms with van der Waals surface area (Å²) in [5.74, 6) is -0.176. The van der Waals surface area contributed by atoms with Crippen molar-refractivity contribution < 1.29 is 9.90 Å². The zero-order valence-electron chi connectivity index (χ0n) is 12.3. The summed E-state index contributed by atoms with van der Waals surface area (Å²) in [7, 11) is 0. The van der Waals surface area contributed by atoms with Gasteiger partial charge >= 0.3 is 0 Å². The molecule has 4 heteroatoms. The fraction of sp³-hybridized carbons (Fsp3) is 0.235. The Labute approximate surface area is 124 Å². The van der Waals surface area contributed by atoms with E-state index >= 15 is 0 Å². The largest absolute Gasteiger partial charge is 0.507 e. The topological polar surface area (TPSA) is 66.6 Å². The zero-order chi connectivity index (χ0) is 15.4. The number of carbonyl (C=O) groups is 1. The molecule has 2 aromatic rings. The first-order chi connectivity index (χ1) is 9.99. The highest BCUT2D eigenvalue weighted by Gasteiger charge is 2.21. The van der Waals surface area contributed by atoms with E-state index in [-0.39, 0.29) is 17.7 Å². The summed E-state index contributed by atoms with van der Waals surface area (Å²) in [5, 5.41) is 9.85. The number of hydrogen-bond acceptors (Lipinski definition) is 3. The first-order valence-corrected chi connectivity index (χ1v) is 6.92. The number of hydrogen-bond donors (Lipinski definition) is 2. The minimum absolute atomic E-state index is 0.00505. The van der Waals surface area contributed by atoms with E-state index in [2.05, 4.69) is 0 Å². The molecule has 0 unspecified atom stereocenters. The second kappa shape index (κ2) is 6.31. The van der Waals surface area contributed by atoms with Crippen LogP contribution in [0.2, 0.25) is 0 Å². The number of carbonyl (C=O) groups excluding carboxylic acids is 1. The Hall–Kier alpha value is -2.49. The number of phenolic OH excluding ortho intramolecular Hbond substituents is 1. The Bertz CT molecular complexity index is 621. The highest BCUT2D eigenvalue weighted by Crippen LogP contribution is 2.21. The first kappa shape index (κ1) is 14.9. The van der Waals surface area contributed by atoms with E-state index in [1.807, 2.05) is 38.1 Å². The molecule has 21 heavy (non-hydrogen) atoms. The number of rotatable bonds is 4. The summed E-state index contributed by atoms with van der Waals surface area (Å²) < 4.78 is 0. The quantitative estimate of drug-likeness (QED) is 0.848. The molecule has 2 rings (SSSR count). The molecule has 110 valence electrons. The van der Waals surface area contributed by atoms with Crippen LogP contribution in [-0.2, 0) is 6.54 Å². The van der Waals surface area contributed by atoms with Gasteiger partial charge in [-0.25, -0.2) is 0 Å². The molecule has 0 aliphatic rings. The Balaban J connectivity index is 2.25. The first-order valence-electron chi connectivity index (χ1n) is 6.92. The molecule has 0 spiro atoms. The maximum Gasteiger partial charge on any atom is 0.258 e. The second-order valence-corrected chi connectivity index (χ2v) is 5.29. The molecule has 0 aliphatic heterocycles. The number of benzene rings is 2. The minimum atomic E-state index is -0.181. The van der Waals surface area contributed by atoms with Crippen LogP contribution >= 0.6 is 0 Å². The van der Waals surface area contributed by atoms with Crippen LogP contribution in [0.4, 0.5) is 5.69 Å². The Kier molecular flexibility index (Phi) is 4.48.